The summed E-state index contributed by atoms with van der Waals surface area (Å²) in [5.41, 5.74) is 2.03. The van der Waals surface area contributed by atoms with Gasteiger partial charge in [-0.1, -0.05) is 66.7 Å². The van der Waals surface area contributed by atoms with E-state index in [0.29, 0.717) is 10.5 Å². The maximum absolute atomic E-state index is 14.9. The van der Waals surface area contributed by atoms with Gasteiger partial charge < -0.3 is 15.3 Å². The number of hydrogen-bond donors (Lipinski definition) is 2. The van der Waals surface area contributed by atoms with Crippen molar-refractivity contribution in [2.75, 3.05) is 12.3 Å². The van der Waals surface area contributed by atoms with Crippen LogP contribution in [0, 0.1) is 5.82 Å². The number of carbonyl (C=O) groups is 3. The van der Waals surface area contributed by atoms with Crippen LogP contribution in [-0.4, -0.2) is 56.3 Å². The van der Waals surface area contributed by atoms with Gasteiger partial charge in [0.25, 0.3) is 0 Å². The van der Waals surface area contributed by atoms with Gasteiger partial charge in [-0.2, -0.15) is 0 Å². The minimum absolute atomic E-state index is 0.0173. The van der Waals surface area contributed by atoms with Crippen molar-refractivity contribution < 1.29 is 23.9 Å². The van der Waals surface area contributed by atoms with E-state index in [-0.39, 0.29) is 35.9 Å². The molecule has 0 spiro atoms. The van der Waals surface area contributed by atoms with E-state index in [1.165, 1.54) is 22.7 Å². The second-order valence-electron chi connectivity index (χ2n) is 8.78. The highest BCUT2D eigenvalue weighted by molar-refractivity contribution is 8.05. The molecule has 2 N–H and O–H groups in total. The van der Waals surface area contributed by atoms with E-state index in [9.17, 15) is 23.9 Å². The third-order valence-electron chi connectivity index (χ3n) is 6.31. The lowest BCUT2D eigenvalue weighted by Gasteiger charge is -2.53. The molecule has 2 saturated heterocycles. The lowest BCUT2D eigenvalue weighted by atomic mass is 10.0. The van der Waals surface area contributed by atoms with Crippen LogP contribution in [0.4, 0.5) is 4.39 Å². The number of halogens is 1. The number of hydrogen-bond acceptors (Lipinski definition) is 5. The first kappa shape index (κ1) is 24.4. The molecule has 2 aliphatic heterocycles. The number of fused-ring (bicyclic) bond motifs is 1. The number of nitrogens with zero attached hydrogens (tertiary/aromatic N) is 1. The molecule has 9 heteroatoms. The Morgan fingerprint density at radius 3 is 2.44 bits per heavy atom. The van der Waals surface area contributed by atoms with Crippen LogP contribution >= 0.6 is 23.5 Å². The molecule has 5 rings (SSSR count). The number of carboxylic acids is 1. The van der Waals surface area contributed by atoms with Gasteiger partial charge in [0.15, 0.2) is 0 Å². The fourth-order valence-electron chi connectivity index (χ4n) is 4.43. The monoisotopic (exact) mass is 522 g/mol. The maximum Gasteiger partial charge on any atom is 0.322 e. The Balaban J connectivity index is 1.26. The highest BCUT2D eigenvalue weighted by atomic mass is 32.2. The first-order valence-electron chi connectivity index (χ1n) is 11.4. The van der Waals surface area contributed by atoms with Crippen LogP contribution in [0.3, 0.4) is 0 Å². The van der Waals surface area contributed by atoms with Crippen LogP contribution in [0.2, 0.25) is 0 Å². The van der Waals surface area contributed by atoms with Gasteiger partial charge in [0.05, 0.1) is 6.42 Å². The molecule has 0 aliphatic carbocycles. The second-order valence-corrected chi connectivity index (χ2v) is 11.3. The van der Waals surface area contributed by atoms with Crippen LogP contribution in [0.15, 0.2) is 83.8 Å². The summed E-state index contributed by atoms with van der Waals surface area (Å²) < 4.78 is 13.6. The summed E-state index contributed by atoms with van der Waals surface area (Å²) in [6, 6.07) is 22.4. The van der Waals surface area contributed by atoms with Crippen molar-refractivity contribution in [1.29, 1.82) is 0 Å². The standard InChI is InChI=1S/C27H23FN2O4S2/c28-21-14-19(11-12-20(21)18-9-5-2-6-10-18)36-27(26(33)34)15-30-24(32)23(25(30)35-16-27)29-22(31)13-17-7-3-1-4-8-17/h1-12,14,23,25H,13,15-16H2,(H,29,31)(H,33,34)/t23-,25-,27?/m1/s1. The van der Waals surface area contributed by atoms with Gasteiger partial charge in [-0.05, 0) is 23.3 Å². The summed E-state index contributed by atoms with van der Waals surface area (Å²) in [4.78, 5) is 39.6. The first-order valence-corrected chi connectivity index (χ1v) is 13.3. The van der Waals surface area contributed by atoms with Crippen molar-refractivity contribution in [1.82, 2.24) is 10.2 Å². The lowest BCUT2D eigenvalue weighted by molar-refractivity contribution is -0.152. The van der Waals surface area contributed by atoms with Gasteiger partial charge in [0.2, 0.25) is 11.8 Å². The number of amides is 2. The molecule has 3 aromatic carbocycles. The van der Waals surface area contributed by atoms with Gasteiger partial charge in [-0.3, -0.25) is 14.4 Å². The minimum Gasteiger partial charge on any atom is -0.480 e. The van der Waals surface area contributed by atoms with Gasteiger partial charge in [0, 0.05) is 22.8 Å². The largest absolute Gasteiger partial charge is 0.480 e. The summed E-state index contributed by atoms with van der Waals surface area (Å²) in [5.74, 6) is -1.83. The summed E-state index contributed by atoms with van der Waals surface area (Å²) in [7, 11) is 0. The van der Waals surface area contributed by atoms with E-state index in [4.69, 9.17) is 0 Å². The molecule has 2 heterocycles. The molecule has 0 aromatic heterocycles. The number of aliphatic carboxylic acids is 1. The summed E-state index contributed by atoms with van der Waals surface area (Å²) in [6.45, 7) is -0.0173. The van der Waals surface area contributed by atoms with Gasteiger partial charge in [0.1, 0.15) is 22.0 Å². The zero-order valence-corrected chi connectivity index (χ0v) is 20.7. The summed E-state index contributed by atoms with van der Waals surface area (Å²) in [6.07, 6.45) is 0.168. The molecule has 2 amide bonds. The Bertz CT molecular complexity index is 1310. The predicted octanol–water partition coefficient (Wildman–Crippen LogP) is 4.05. The number of carbonyl (C=O) groups excluding carboxylic acids is 2. The number of β-lactam (4-membered cyclic amide) rings is 1. The maximum atomic E-state index is 14.9. The number of carboxylic acid groups (broad SMARTS) is 1. The summed E-state index contributed by atoms with van der Waals surface area (Å²) in [5, 5.41) is 12.6. The molecule has 184 valence electrons. The highest BCUT2D eigenvalue weighted by Gasteiger charge is 2.58. The van der Waals surface area contributed by atoms with Gasteiger partial charge in [-0.15, -0.1) is 23.5 Å². The van der Waals surface area contributed by atoms with Gasteiger partial charge >= 0.3 is 5.97 Å². The third kappa shape index (κ3) is 4.73. The zero-order chi connectivity index (χ0) is 25.3. The van der Waals surface area contributed by atoms with E-state index in [0.717, 1.165) is 22.9 Å². The normalized spacial score (nSPS) is 22.9. The predicted molar refractivity (Wildman–Crippen MR) is 138 cm³/mol. The summed E-state index contributed by atoms with van der Waals surface area (Å²) >= 11 is 2.38. The third-order valence-corrected chi connectivity index (χ3v) is 9.35. The molecule has 3 aromatic rings. The number of rotatable bonds is 7. The molecule has 2 aliphatic rings. The van der Waals surface area contributed by atoms with Crippen LogP contribution in [0.1, 0.15) is 5.56 Å². The molecule has 0 radical (unpaired) electrons. The van der Waals surface area contributed by atoms with Crippen LogP contribution in [0.25, 0.3) is 11.1 Å². The number of benzene rings is 3. The average Bonchev–Trinajstić information content (AvgIpc) is 2.88. The van der Waals surface area contributed by atoms with Crippen molar-refractivity contribution in [3.8, 4) is 11.1 Å². The lowest BCUT2D eigenvalue weighted by Crippen LogP contribution is -2.74. The molecular formula is C27H23FN2O4S2. The van der Waals surface area contributed by atoms with Crippen molar-refractivity contribution >= 4 is 41.3 Å². The molecule has 0 saturated carbocycles. The number of nitrogens with one attached hydrogen (secondary N) is 1. The molecular weight excluding hydrogens is 499 g/mol. The van der Waals surface area contributed by atoms with Crippen LogP contribution in [0.5, 0.6) is 0 Å². The quantitative estimate of drug-likeness (QED) is 0.456. The van der Waals surface area contributed by atoms with Gasteiger partial charge in [-0.25, -0.2) is 4.39 Å². The second kappa shape index (κ2) is 9.99. The molecule has 6 nitrogen and oxygen atoms in total. The Morgan fingerprint density at radius 2 is 1.78 bits per heavy atom. The minimum atomic E-state index is -1.32. The topological polar surface area (TPSA) is 86.7 Å². The smallest absolute Gasteiger partial charge is 0.322 e. The van der Waals surface area contributed by atoms with Crippen LogP contribution < -0.4 is 5.32 Å². The van der Waals surface area contributed by atoms with Crippen LogP contribution in [-0.2, 0) is 20.8 Å². The van der Waals surface area contributed by atoms with Crippen molar-refractivity contribution in [2.45, 2.75) is 27.5 Å². The number of thioether (sulfide) groups is 2. The SMILES string of the molecule is O=C(Cc1ccccc1)N[C@@H]1C(=O)N2CC(Sc3ccc(-c4ccccc4)c(F)c3)(C(=O)O)CS[C@H]12. The Hall–Kier alpha value is -3.30. The average molecular weight is 523 g/mol. The Labute approximate surface area is 216 Å². The fraction of sp³-hybridized carbons (Fsp3) is 0.222. The molecule has 1 unspecified atom stereocenters. The van der Waals surface area contributed by atoms with E-state index >= 15 is 0 Å². The molecule has 0 bridgehead atoms. The molecule has 2 fully saturated rings. The fourth-order valence-corrected chi connectivity index (χ4v) is 7.30. The van der Waals surface area contributed by atoms with Crippen molar-refractivity contribution in [2.24, 2.45) is 0 Å². The van der Waals surface area contributed by atoms with Crippen molar-refractivity contribution in [3.05, 3.63) is 90.2 Å². The molecule has 3 atom stereocenters. The van der Waals surface area contributed by atoms with E-state index in [1.807, 2.05) is 60.7 Å². The van der Waals surface area contributed by atoms with Crippen molar-refractivity contribution in [3.63, 3.8) is 0 Å². The Morgan fingerprint density at radius 1 is 1.08 bits per heavy atom. The first-order chi connectivity index (χ1) is 17.4. The highest BCUT2D eigenvalue weighted by Crippen LogP contribution is 2.46. The Kier molecular flexibility index (Phi) is 6.77. The zero-order valence-electron chi connectivity index (χ0n) is 19.1. The van der Waals surface area contributed by atoms with E-state index < -0.39 is 22.6 Å². The molecule has 36 heavy (non-hydrogen) atoms. The van der Waals surface area contributed by atoms with E-state index in [1.54, 1.807) is 12.1 Å². The van der Waals surface area contributed by atoms with E-state index in [2.05, 4.69) is 5.32 Å².